The number of ether oxygens (including phenoxy) is 3. The fraction of sp³-hybridized carbons (Fsp3) is 0.448. The van der Waals surface area contributed by atoms with Gasteiger partial charge in [-0.15, -0.1) is 0 Å². The molecule has 37 heavy (non-hydrogen) atoms. The lowest BCUT2D eigenvalue weighted by atomic mass is 9.95. The number of hydrogen-bond donors (Lipinski definition) is 1. The average molecular weight is 511 g/mol. The Kier molecular flexibility index (Phi) is 9.58. The van der Waals surface area contributed by atoms with E-state index in [1.54, 1.807) is 49.6 Å². The summed E-state index contributed by atoms with van der Waals surface area (Å²) in [6.45, 7) is 11.4. The van der Waals surface area contributed by atoms with Gasteiger partial charge in [0.1, 0.15) is 11.5 Å². The molecule has 0 saturated carbocycles. The van der Waals surface area contributed by atoms with Crippen molar-refractivity contribution in [1.29, 1.82) is 0 Å². The first-order valence-electron chi connectivity index (χ1n) is 12.7. The van der Waals surface area contributed by atoms with E-state index in [-0.39, 0.29) is 11.3 Å². The fourth-order valence-corrected chi connectivity index (χ4v) is 4.40. The molecule has 1 N–H and O–H groups in total. The molecule has 1 aliphatic heterocycles. The predicted molar refractivity (Wildman–Crippen MR) is 143 cm³/mol. The topological polar surface area (TPSA) is 88.5 Å². The third kappa shape index (κ3) is 6.25. The quantitative estimate of drug-likeness (QED) is 0.255. The van der Waals surface area contributed by atoms with Crippen LogP contribution in [0.1, 0.15) is 44.9 Å². The van der Waals surface area contributed by atoms with Gasteiger partial charge in [-0.1, -0.05) is 33.8 Å². The van der Waals surface area contributed by atoms with Crippen molar-refractivity contribution < 1.29 is 28.9 Å². The zero-order chi connectivity index (χ0) is 27.1. The number of amides is 1. The van der Waals surface area contributed by atoms with Gasteiger partial charge in [0, 0.05) is 18.7 Å². The van der Waals surface area contributed by atoms with Gasteiger partial charge in [0.15, 0.2) is 11.5 Å². The number of rotatable bonds is 12. The smallest absolute Gasteiger partial charge is 0.295 e. The molecule has 3 rings (SSSR count). The highest BCUT2D eigenvalue weighted by molar-refractivity contribution is 6.46. The van der Waals surface area contributed by atoms with Gasteiger partial charge in [-0.2, -0.15) is 0 Å². The van der Waals surface area contributed by atoms with Crippen molar-refractivity contribution in [2.24, 2.45) is 5.92 Å². The average Bonchev–Trinajstić information content (AvgIpc) is 3.16. The molecule has 1 amide bonds. The van der Waals surface area contributed by atoms with E-state index in [1.807, 2.05) is 0 Å². The molecule has 200 valence electrons. The second-order valence-corrected chi connectivity index (χ2v) is 9.36. The summed E-state index contributed by atoms with van der Waals surface area (Å²) in [6, 6.07) is 11.4. The van der Waals surface area contributed by atoms with Crippen LogP contribution in [0.25, 0.3) is 5.76 Å². The predicted octanol–water partition coefficient (Wildman–Crippen LogP) is 4.50. The number of ketones is 1. The minimum atomic E-state index is -0.771. The molecule has 1 unspecified atom stereocenters. The minimum Gasteiger partial charge on any atom is -0.507 e. The molecule has 1 fully saturated rings. The van der Waals surface area contributed by atoms with Crippen LogP contribution in [0.3, 0.4) is 0 Å². The Morgan fingerprint density at radius 1 is 1.00 bits per heavy atom. The highest BCUT2D eigenvalue weighted by Crippen LogP contribution is 2.42. The normalized spacial score (nSPS) is 17.1. The molecule has 8 nitrogen and oxygen atoms in total. The van der Waals surface area contributed by atoms with Crippen molar-refractivity contribution in [3.05, 3.63) is 59.2 Å². The Morgan fingerprint density at radius 3 is 2.22 bits per heavy atom. The first kappa shape index (κ1) is 28.1. The van der Waals surface area contributed by atoms with E-state index in [4.69, 9.17) is 14.2 Å². The summed E-state index contributed by atoms with van der Waals surface area (Å²) >= 11 is 0. The van der Waals surface area contributed by atoms with Crippen LogP contribution in [0.2, 0.25) is 0 Å². The zero-order valence-corrected chi connectivity index (χ0v) is 22.6. The van der Waals surface area contributed by atoms with Gasteiger partial charge < -0.3 is 29.1 Å². The molecular formula is C29H38N2O6. The van der Waals surface area contributed by atoms with Gasteiger partial charge in [-0.3, -0.25) is 9.59 Å². The summed E-state index contributed by atoms with van der Waals surface area (Å²) in [5, 5.41) is 11.3. The SMILES string of the molecule is CCN(CC)CCN1C(=O)C(=O)/C(=C(\O)c2ccc(OCC(C)C)cc2)C1c1ccc(OC)c(OC)c1. The molecule has 0 aliphatic carbocycles. The lowest BCUT2D eigenvalue weighted by Crippen LogP contribution is -2.38. The van der Waals surface area contributed by atoms with Crippen molar-refractivity contribution in [3.8, 4) is 17.2 Å². The van der Waals surface area contributed by atoms with E-state index >= 15 is 0 Å². The third-order valence-electron chi connectivity index (χ3n) is 6.53. The lowest BCUT2D eigenvalue weighted by Gasteiger charge is -2.28. The largest absolute Gasteiger partial charge is 0.507 e. The molecule has 1 heterocycles. The maximum atomic E-state index is 13.3. The lowest BCUT2D eigenvalue weighted by molar-refractivity contribution is -0.140. The molecule has 8 heteroatoms. The number of likely N-dealkylation sites (tertiary alicyclic amines) is 1. The van der Waals surface area contributed by atoms with Gasteiger partial charge in [0.25, 0.3) is 11.7 Å². The van der Waals surface area contributed by atoms with Gasteiger partial charge in [-0.25, -0.2) is 0 Å². The van der Waals surface area contributed by atoms with Gasteiger partial charge in [0.05, 0.1) is 32.4 Å². The monoisotopic (exact) mass is 510 g/mol. The molecule has 2 aromatic rings. The number of benzene rings is 2. The summed E-state index contributed by atoms with van der Waals surface area (Å²) < 4.78 is 16.6. The highest BCUT2D eigenvalue weighted by atomic mass is 16.5. The summed E-state index contributed by atoms with van der Waals surface area (Å²) in [5.41, 5.74) is 1.13. The van der Waals surface area contributed by atoms with E-state index in [0.29, 0.717) is 54.0 Å². The summed E-state index contributed by atoms with van der Waals surface area (Å²) in [5.74, 6) is 0.480. The number of aliphatic hydroxyl groups is 1. The van der Waals surface area contributed by atoms with Crippen LogP contribution in [0.15, 0.2) is 48.0 Å². The van der Waals surface area contributed by atoms with Crippen molar-refractivity contribution in [2.75, 3.05) is 47.0 Å². The Labute approximate surface area is 219 Å². The van der Waals surface area contributed by atoms with Crippen LogP contribution in [0.4, 0.5) is 0 Å². The van der Waals surface area contributed by atoms with Crippen LogP contribution >= 0.6 is 0 Å². The van der Waals surface area contributed by atoms with Crippen molar-refractivity contribution in [1.82, 2.24) is 9.80 Å². The molecule has 0 spiro atoms. The van der Waals surface area contributed by atoms with E-state index in [0.717, 1.165) is 13.1 Å². The maximum absolute atomic E-state index is 13.3. The Balaban J connectivity index is 2.07. The Hall–Kier alpha value is -3.52. The number of methoxy groups -OCH3 is 2. The molecule has 2 aromatic carbocycles. The van der Waals surface area contributed by atoms with Crippen LogP contribution in [0.5, 0.6) is 17.2 Å². The van der Waals surface area contributed by atoms with Crippen molar-refractivity contribution in [2.45, 2.75) is 33.7 Å². The first-order valence-corrected chi connectivity index (χ1v) is 12.7. The van der Waals surface area contributed by atoms with E-state index in [1.165, 1.54) is 12.0 Å². The van der Waals surface area contributed by atoms with Gasteiger partial charge in [-0.05, 0) is 61.0 Å². The number of nitrogens with zero attached hydrogens (tertiary/aromatic N) is 2. The summed E-state index contributed by atoms with van der Waals surface area (Å²) in [6.07, 6.45) is 0. The molecular weight excluding hydrogens is 472 g/mol. The highest BCUT2D eigenvalue weighted by Gasteiger charge is 2.46. The Bertz CT molecular complexity index is 1120. The van der Waals surface area contributed by atoms with E-state index < -0.39 is 17.7 Å². The second kappa shape index (κ2) is 12.6. The molecule has 1 atom stereocenters. The Morgan fingerprint density at radius 2 is 1.65 bits per heavy atom. The molecule has 0 bridgehead atoms. The number of carbonyl (C=O) groups excluding carboxylic acids is 2. The van der Waals surface area contributed by atoms with Crippen LogP contribution in [-0.2, 0) is 9.59 Å². The van der Waals surface area contributed by atoms with E-state index in [9.17, 15) is 14.7 Å². The fourth-order valence-electron chi connectivity index (χ4n) is 4.40. The molecule has 1 aliphatic rings. The second-order valence-electron chi connectivity index (χ2n) is 9.36. The van der Waals surface area contributed by atoms with Gasteiger partial charge in [0.2, 0.25) is 0 Å². The van der Waals surface area contributed by atoms with Crippen molar-refractivity contribution >= 4 is 17.4 Å². The number of hydrogen-bond acceptors (Lipinski definition) is 7. The first-order chi connectivity index (χ1) is 17.7. The number of carbonyl (C=O) groups is 2. The summed E-state index contributed by atoms with van der Waals surface area (Å²) in [4.78, 5) is 30.3. The maximum Gasteiger partial charge on any atom is 0.295 e. The zero-order valence-electron chi connectivity index (χ0n) is 22.6. The standard InChI is InChI=1S/C29H38N2O6/c1-7-30(8-2)15-16-31-26(21-11-14-23(35-5)24(17-21)36-6)25(28(33)29(31)34)27(32)20-9-12-22(13-10-20)37-18-19(3)4/h9-14,17,19,26,32H,7-8,15-16,18H2,1-6H3/b27-25-. The number of Topliss-reactive ketones (excluding diaryl/α,β-unsaturated/α-hetero) is 1. The number of aliphatic hydroxyl groups excluding tert-OH is 1. The number of likely N-dealkylation sites (N-methyl/N-ethyl adjacent to an activating group) is 1. The molecule has 0 aromatic heterocycles. The molecule has 0 radical (unpaired) electrons. The van der Waals surface area contributed by atoms with Crippen LogP contribution < -0.4 is 14.2 Å². The molecule has 1 saturated heterocycles. The minimum absolute atomic E-state index is 0.0487. The van der Waals surface area contributed by atoms with Gasteiger partial charge >= 0.3 is 0 Å². The van der Waals surface area contributed by atoms with Crippen LogP contribution in [0, 0.1) is 5.92 Å². The van der Waals surface area contributed by atoms with Crippen LogP contribution in [-0.4, -0.2) is 73.6 Å². The third-order valence-corrected chi connectivity index (χ3v) is 6.53. The van der Waals surface area contributed by atoms with E-state index in [2.05, 4.69) is 32.6 Å². The van der Waals surface area contributed by atoms with Crippen molar-refractivity contribution in [3.63, 3.8) is 0 Å². The summed E-state index contributed by atoms with van der Waals surface area (Å²) in [7, 11) is 3.07.